The van der Waals surface area contributed by atoms with Crippen LogP contribution in [0.4, 0.5) is 5.95 Å². The van der Waals surface area contributed by atoms with Gasteiger partial charge < -0.3 is 8.98 Å². The van der Waals surface area contributed by atoms with Gasteiger partial charge in [0.15, 0.2) is 0 Å². The van der Waals surface area contributed by atoms with Crippen molar-refractivity contribution in [1.82, 2.24) is 9.55 Å². The molecule has 3 rings (SSSR count). The molecule has 0 radical (unpaired) electrons. The van der Waals surface area contributed by atoms with Gasteiger partial charge in [0.05, 0.1) is 23.5 Å². The average Bonchev–Trinajstić information content (AvgIpc) is 3.05. The summed E-state index contributed by atoms with van der Waals surface area (Å²) in [6.07, 6.45) is 3.24. The molecule has 0 aliphatic heterocycles. The molecule has 0 bridgehead atoms. The summed E-state index contributed by atoms with van der Waals surface area (Å²) in [7, 11) is 0. The normalized spacial score (nSPS) is 11.4. The van der Waals surface area contributed by atoms with Crippen LogP contribution in [0, 0.1) is 0 Å². The summed E-state index contributed by atoms with van der Waals surface area (Å²) < 4.78 is 7.25. The van der Waals surface area contributed by atoms with Crippen molar-refractivity contribution in [2.24, 2.45) is 5.10 Å². The summed E-state index contributed by atoms with van der Waals surface area (Å²) >= 11 is 0. The van der Waals surface area contributed by atoms with Crippen molar-refractivity contribution in [3.05, 3.63) is 48.4 Å². The van der Waals surface area contributed by atoms with Gasteiger partial charge in [0.1, 0.15) is 5.76 Å². The minimum absolute atomic E-state index is 0.701. The molecular weight excluding hydrogens is 240 g/mol. The van der Waals surface area contributed by atoms with Gasteiger partial charge >= 0.3 is 0 Å². The summed E-state index contributed by atoms with van der Waals surface area (Å²) in [6, 6.07) is 11.7. The first-order valence-electron chi connectivity index (χ1n) is 6.16. The largest absolute Gasteiger partial charge is 0.463 e. The van der Waals surface area contributed by atoms with Crippen LogP contribution in [0.2, 0.25) is 0 Å². The van der Waals surface area contributed by atoms with Crippen molar-refractivity contribution in [2.75, 3.05) is 5.43 Å². The second-order valence-electron chi connectivity index (χ2n) is 4.05. The van der Waals surface area contributed by atoms with Gasteiger partial charge in [0.2, 0.25) is 5.95 Å². The summed E-state index contributed by atoms with van der Waals surface area (Å²) in [5.74, 6) is 1.43. The molecule has 0 saturated heterocycles. The number of nitrogens with zero attached hydrogens (tertiary/aromatic N) is 3. The van der Waals surface area contributed by atoms with Crippen molar-refractivity contribution < 1.29 is 4.42 Å². The molecule has 0 unspecified atom stereocenters. The van der Waals surface area contributed by atoms with E-state index in [-0.39, 0.29) is 0 Å². The molecular formula is C14H14N4O. The highest BCUT2D eigenvalue weighted by Gasteiger charge is 2.07. The Bertz CT molecular complexity index is 697. The molecule has 0 amide bonds. The smallest absolute Gasteiger partial charge is 0.224 e. The fraction of sp³-hybridized carbons (Fsp3) is 0.143. The highest BCUT2D eigenvalue weighted by Crippen LogP contribution is 2.19. The second kappa shape index (κ2) is 4.97. The Hall–Kier alpha value is -2.56. The summed E-state index contributed by atoms with van der Waals surface area (Å²) in [5, 5.41) is 4.14. The van der Waals surface area contributed by atoms with E-state index in [1.807, 2.05) is 36.4 Å². The maximum atomic E-state index is 5.17. The fourth-order valence-electron chi connectivity index (χ4n) is 2.00. The molecule has 3 aromatic rings. The molecule has 0 fully saturated rings. The number of para-hydroxylation sites is 2. The van der Waals surface area contributed by atoms with Crippen LogP contribution in [0.5, 0.6) is 0 Å². The number of hydrazone groups is 1. The lowest BCUT2D eigenvalue weighted by molar-refractivity contribution is 0.560. The average molecular weight is 254 g/mol. The van der Waals surface area contributed by atoms with E-state index in [2.05, 4.69) is 27.0 Å². The molecule has 0 atom stereocenters. The van der Waals surface area contributed by atoms with Crippen LogP contribution in [0.15, 0.2) is 52.2 Å². The lowest BCUT2D eigenvalue weighted by Gasteiger charge is -2.03. The number of fused-ring (bicyclic) bond motifs is 1. The highest BCUT2D eigenvalue weighted by atomic mass is 16.3. The first-order valence-corrected chi connectivity index (χ1v) is 6.16. The SMILES string of the molecule is CCn1c(N/N=C\c2ccco2)nc2ccccc21. The topological polar surface area (TPSA) is 55.4 Å². The number of furan rings is 1. The maximum Gasteiger partial charge on any atom is 0.224 e. The Morgan fingerprint density at radius 2 is 2.21 bits per heavy atom. The molecule has 96 valence electrons. The Balaban J connectivity index is 1.88. The van der Waals surface area contributed by atoms with E-state index < -0.39 is 0 Å². The number of imidazole rings is 1. The first-order chi connectivity index (χ1) is 9.38. The molecule has 0 aliphatic carbocycles. The third kappa shape index (κ3) is 2.22. The monoisotopic (exact) mass is 254 g/mol. The van der Waals surface area contributed by atoms with Gasteiger partial charge in [-0.2, -0.15) is 5.10 Å². The van der Waals surface area contributed by atoms with Gasteiger partial charge in [-0.05, 0) is 31.2 Å². The molecule has 0 saturated carbocycles. The molecule has 0 spiro atoms. The van der Waals surface area contributed by atoms with E-state index in [0.717, 1.165) is 23.5 Å². The van der Waals surface area contributed by atoms with Gasteiger partial charge in [-0.3, -0.25) is 0 Å². The Morgan fingerprint density at radius 3 is 3.00 bits per heavy atom. The molecule has 1 aromatic carbocycles. The van der Waals surface area contributed by atoms with Crippen LogP contribution in [0.1, 0.15) is 12.7 Å². The highest BCUT2D eigenvalue weighted by molar-refractivity contribution is 5.79. The zero-order valence-corrected chi connectivity index (χ0v) is 10.6. The lowest BCUT2D eigenvalue weighted by Crippen LogP contribution is -2.01. The fourth-order valence-corrected chi connectivity index (χ4v) is 2.00. The van der Waals surface area contributed by atoms with E-state index in [9.17, 15) is 0 Å². The van der Waals surface area contributed by atoms with Gasteiger partial charge in [-0.1, -0.05) is 12.1 Å². The van der Waals surface area contributed by atoms with Crippen LogP contribution in [-0.4, -0.2) is 15.8 Å². The van der Waals surface area contributed by atoms with E-state index in [0.29, 0.717) is 5.76 Å². The third-order valence-electron chi connectivity index (χ3n) is 2.87. The number of anilines is 1. The predicted molar refractivity (Wildman–Crippen MR) is 75.3 cm³/mol. The molecule has 1 N–H and O–H groups in total. The van der Waals surface area contributed by atoms with Gasteiger partial charge in [-0.25, -0.2) is 10.4 Å². The Morgan fingerprint density at radius 1 is 1.32 bits per heavy atom. The zero-order valence-electron chi connectivity index (χ0n) is 10.6. The van der Waals surface area contributed by atoms with Crippen LogP contribution in [0.3, 0.4) is 0 Å². The quantitative estimate of drug-likeness (QED) is 0.575. The Kier molecular flexibility index (Phi) is 3.02. The van der Waals surface area contributed by atoms with Crippen molar-refractivity contribution in [3.8, 4) is 0 Å². The number of rotatable bonds is 4. The molecule has 2 aromatic heterocycles. The minimum Gasteiger partial charge on any atom is -0.463 e. The standard InChI is InChI=1S/C14H14N4O/c1-2-18-13-8-4-3-7-12(13)16-14(18)17-15-10-11-6-5-9-19-11/h3-10H,2H2,1H3,(H,16,17)/b15-10-. The summed E-state index contributed by atoms with van der Waals surface area (Å²) in [5.41, 5.74) is 5.01. The predicted octanol–water partition coefficient (Wildman–Crippen LogP) is 3.10. The van der Waals surface area contributed by atoms with Crippen LogP contribution in [0.25, 0.3) is 11.0 Å². The van der Waals surface area contributed by atoms with Crippen LogP contribution in [-0.2, 0) is 6.54 Å². The number of nitrogens with one attached hydrogen (secondary N) is 1. The summed E-state index contributed by atoms with van der Waals surface area (Å²) in [4.78, 5) is 4.51. The van der Waals surface area contributed by atoms with Gasteiger partial charge in [0.25, 0.3) is 0 Å². The molecule has 5 nitrogen and oxygen atoms in total. The van der Waals surface area contributed by atoms with E-state index >= 15 is 0 Å². The van der Waals surface area contributed by atoms with Crippen molar-refractivity contribution in [3.63, 3.8) is 0 Å². The molecule has 0 aliphatic rings. The number of hydrogen-bond acceptors (Lipinski definition) is 4. The van der Waals surface area contributed by atoms with Crippen molar-refractivity contribution in [2.45, 2.75) is 13.5 Å². The van der Waals surface area contributed by atoms with Gasteiger partial charge in [-0.15, -0.1) is 0 Å². The molecule has 19 heavy (non-hydrogen) atoms. The lowest BCUT2D eigenvalue weighted by atomic mass is 10.3. The zero-order chi connectivity index (χ0) is 13.1. The number of aryl methyl sites for hydroxylation is 1. The van der Waals surface area contributed by atoms with Crippen LogP contribution < -0.4 is 5.43 Å². The number of benzene rings is 1. The summed E-state index contributed by atoms with van der Waals surface area (Å²) in [6.45, 7) is 2.91. The van der Waals surface area contributed by atoms with E-state index in [4.69, 9.17) is 4.42 Å². The third-order valence-corrected chi connectivity index (χ3v) is 2.87. The molecule has 5 heteroatoms. The Labute approximate surface area is 110 Å². The van der Waals surface area contributed by atoms with Crippen molar-refractivity contribution >= 4 is 23.2 Å². The first kappa shape index (κ1) is 11.5. The van der Waals surface area contributed by atoms with E-state index in [1.54, 1.807) is 12.5 Å². The van der Waals surface area contributed by atoms with Crippen LogP contribution >= 0.6 is 0 Å². The van der Waals surface area contributed by atoms with Crippen molar-refractivity contribution in [1.29, 1.82) is 0 Å². The number of hydrogen-bond donors (Lipinski definition) is 1. The maximum absolute atomic E-state index is 5.17. The number of aromatic nitrogens is 2. The van der Waals surface area contributed by atoms with E-state index in [1.165, 1.54) is 0 Å². The second-order valence-corrected chi connectivity index (χ2v) is 4.05. The molecule has 2 heterocycles. The van der Waals surface area contributed by atoms with Gasteiger partial charge in [0, 0.05) is 6.54 Å². The minimum atomic E-state index is 0.701.